The Balaban J connectivity index is 1.73. The van der Waals surface area contributed by atoms with E-state index < -0.39 is 0 Å². The van der Waals surface area contributed by atoms with E-state index in [1.165, 1.54) is 37.8 Å². The van der Waals surface area contributed by atoms with Gasteiger partial charge in [0, 0.05) is 11.7 Å². The van der Waals surface area contributed by atoms with Crippen LogP contribution in [0.25, 0.3) is 0 Å². The van der Waals surface area contributed by atoms with Gasteiger partial charge in [0.2, 0.25) is 0 Å². The first-order chi connectivity index (χ1) is 8.53. The molecule has 0 aliphatic heterocycles. The molecule has 0 aromatic heterocycles. The van der Waals surface area contributed by atoms with E-state index in [2.05, 4.69) is 44.3 Å². The van der Waals surface area contributed by atoms with Crippen LogP contribution < -0.4 is 5.32 Å². The lowest BCUT2D eigenvalue weighted by Gasteiger charge is -2.20. The van der Waals surface area contributed by atoms with Gasteiger partial charge in [0.15, 0.2) is 0 Å². The van der Waals surface area contributed by atoms with Crippen LogP contribution in [0.5, 0.6) is 0 Å². The third kappa shape index (κ3) is 2.28. The second-order valence-electron chi connectivity index (χ2n) is 7.14. The molecule has 1 fully saturated rings. The number of hydrogen-bond donors (Lipinski definition) is 1. The summed E-state index contributed by atoms with van der Waals surface area (Å²) in [5, 5.41) is 3.78. The van der Waals surface area contributed by atoms with Gasteiger partial charge < -0.3 is 5.32 Å². The van der Waals surface area contributed by atoms with Crippen LogP contribution in [-0.4, -0.2) is 6.04 Å². The molecule has 0 saturated heterocycles. The maximum absolute atomic E-state index is 3.78. The second kappa shape index (κ2) is 4.29. The van der Waals surface area contributed by atoms with Gasteiger partial charge in [0.1, 0.15) is 0 Å². The molecular formula is C17H25N. The largest absolute Gasteiger partial charge is 0.382 e. The number of hydrogen-bond acceptors (Lipinski definition) is 1. The molecule has 1 aromatic carbocycles. The fraction of sp³-hybridized carbons (Fsp3) is 0.647. The number of nitrogens with one attached hydrogen (secondary N) is 1. The molecule has 1 N–H and O–H groups in total. The molecular weight excluding hydrogens is 218 g/mol. The highest BCUT2D eigenvalue weighted by atomic mass is 14.9. The van der Waals surface area contributed by atoms with Crippen molar-refractivity contribution in [1.82, 2.24) is 0 Å². The van der Waals surface area contributed by atoms with E-state index in [1.807, 2.05) is 0 Å². The fourth-order valence-corrected chi connectivity index (χ4v) is 3.96. The number of rotatable bonds is 2. The Labute approximate surface area is 111 Å². The third-order valence-corrected chi connectivity index (χ3v) is 4.78. The predicted octanol–water partition coefficient (Wildman–Crippen LogP) is 4.41. The molecule has 3 rings (SSSR count). The first-order valence-corrected chi connectivity index (χ1v) is 7.42. The van der Waals surface area contributed by atoms with Crippen molar-refractivity contribution in [2.45, 2.75) is 58.9 Å². The van der Waals surface area contributed by atoms with Gasteiger partial charge in [0.25, 0.3) is 0 Å². The molecule has 0 amide bonds. The average Bonchev–Trinajstić information content (AvgIpc) is 2.83. The number of benzene rings is 1. The van der Waals surface area contributed by atoms with E-state index in [-0.39, 0.29) is 0 Å². The summed E-state index contributed by atoms with van der Waals surface area (Å²) in [6.45, 7) is 7.18. The molecule has 98 valence electrons. The number of fused-ring (bicyclic) bond motifs is 1. The van der Waals surface area contributed by atoms with Crippen LogP contribution in [0, 0.1) is 11.3 Å². The Hall–Kier alpha value is -0.980. The summed E-state index contributed by atoms with van der Waals surface area (Å²) in [7, 11) is 0. The molecule has 2 aliphatic rings. The van der Waals surface area contributed by atoms with Crippen molar-refractivity contribution in [3.8, 4) is 0 Å². The Morgan fingerprint density at radius 3 is 2.61 bits per heavy atom. The molecule has 18 heavy (non-hydrogen) atoms. The topological polar surface area (TPSA) is 12.0 Å². The van der Waals surface area contributed by atoms with Gasteiger partial charge in [-0.05, 0) is 66.7 Å². The van der Waals surface area contributed by atoms with Crippen LogP contribution >= 0.6 is 0 Å². The smallest absolute Gasteiger partial charge is 0.0345 e. The van der Waals surface area contributed by atoms with Crippen molar-refractivity contribution in [2.24, 2.45) is 11.3 Å². The van der Waals surface area contributed by atoms with E-state index in [1.54, 1.807) is 11.1 Å². The lowest BCUT2D eigenvalue weighted by Crippen LogP contribution is -2.22. The van der Waals surface area contributed by atoms with Crippen LogP contribution in [0.1, 0.15) is 51.2 Å². The quantitative estimate of drug-likeness (QED) is 0.811. The number of anilines is 1. The van der Waals surface area contributed by atoms with Crippen molar-refractivity contribution < 1.29 is 0 Å². The minimum absolute atomic E-state index is 0.508. The Bertz CT molecular complexity index is 447. The van der Waals surface area contributed by atoms with Gasteiger partial charge in [-0.25, -0.2) is 0 Å². The predicted molar refractivity (Wildman–Crippen MR) is 78.1 cm³/mol. The summed E-state index contributed by atoms with van der Waals surface area (Å²) >= 11 is 0. The van der Waals surface area contributed by atoms with E-state index in [9.17, 15) is 0 Å². The van der Waals surface area contributed by atoms with E-state index in [4.69, 9.17) is 0 Å². The van der Waals surface area contributed by atoms with Gasteiger partial charge in [-0.2, -0.15) is 0 Å². The molecule has 2 aliphatic carbocycles. The first-order valence-electron chi connectivity index (χ1n) is 7.42. The fourth-order valence-electron chi connectivity index (χ4n) is 3.96. The molecule has 1 aromatic rings. The standard InChI is InChI=1S/C17H25N/c1-12-10-17(2,3)11-16(12)18-15-8-7-13-5-4-6-14(13)9-15/h7-9,12,16,18H,4-6,10-11H2,1-3H3. The molecule has 2 unspecified atom stereocenters. The zero-order valence-corrected chi connectivity index (χ0v) is 11.9. The minimum Gasteiger partial charge on any atom is -0.382 e. The van der Waals surface area contributed by atoms with Crippen LogP contribution in [0.3, 0.4) is 0 Å². The Kier molecular flexibility index (Phi) is 2.88. The summed E-state index contributed by atoms with van der Waals surface area (Å²) in [4.78, 5) is 0. The SMILES string of the molecule is CC1CC(C)(C)CC1Nc1ccc2c(c1)CCC2. The molecule has 0 bridgehead atoms. The van der Waals surface area contributed by atoms with Crippen LogP contribution in [0.4, 0.5) is 5.69 Å². The molecule has 1 nitrogen and oxygen atoms in total. The molecule has 0 heterocycles. The summed E-state index contributed by atoms with van der Waals surface area (Å²) in [5.74, 6) is 0.785. The highest BCUT2D eigenvalue weighted by Crippen LogP contribution is 2.42. The summed E-state index contributed by atoms with van der Waals surface area (Å²) in [5.41, 5.74) is 4.99. The van der Waals surface area contributed by atoms with Gasteiger partial charge >= 0.3 is 0 Å². The van der Waals surface area contributed by atoms with Crippen molar-refractivity contribution in [2.75, 3.05) is 5.32 Å². The normalized spacial score (nSPS) is 29.3. The van der Waals surface area contributed by atoms with Gasteiger partial charge in [-0.3, -0.25) is 0 Å². The highest BCUT2D eigenvalue weighted by Gasteiger charge is 2.36. The van der Waals surface area contributed by atoms with E-state index >= 15 is 0 Å². The first kappa shape index (κ1) is 12.1. The van der Waals surface area contributed by atoms with E-state index in [0.29, 0.717) is 11.5 Å². The summed E-state index contributed by atoms with van der Waals surface area (Å²) < 4.78 is 0. The Morgan fingerprint density at radius 1 is 1.11 bits per heavy atom. The molecule has 2 atom stereocenters. The van der Waals surface area contributed by atoms with Crippen LogP contribution in [-0.2, 0) is 12.8 Å². The monoisotopic (exact) mass is 243 g/mol. The second-order valence-corrected chi connectivity index (χ2v) is 7.14. The van der Waals surface area contributed by atoms with Gasteiger partial charge in [-0.15, -0.1) is 0 Å². The molecule has 0 radical (unpaired) electrons. The van der Waals surface area contributed by atoms with Crippen molar-refractivity contribution in [1.29, 1.82) is 0 Å². The lowest BCUT2D eigenvalue weighted by molar-refractivity contribution is 0.366. The maximum atomic E-state index is 3.78. The summed E-state index contributed by atoms with van der Waals surface area (Å²) in [6, 6.07) is 7.65. The maximum Gasteiger partial charge on any atom is 0.0345 e. The van der Waals surface area contributed by atoms with Gasteiger partial charge in [0.05, 0.1) is 0 Å². The zero-order chi connectivity index (χ0) is 12.8. The summed E-state index contributed by atoms with van der Waals surface area (Å²) in [6.07, 6.45) is 6.53. The minimum atomic E-state index is 0.508. The highest BCUT2D eigenvalue weighted by molar-refractivity contribution is 5.51. The van der Waals surface area contributed by atoms with Crippen LogP contribution in [0.2, 0.25) is 0 Å². The van der Waals surface area contributed by atoms with E-state index in [0.717, 1.165) is 5.92 Å². The molecule has 0 spiro atoms. The third-order valence-electron chi connectivity index (χ3n) is 4.78. The van der Waals surface area contributed by atoms with Crippen LogP contribution in [0.15, 0.2) is 18.2 Å². The molecule has 1 saturated carbocycles. The zero-order valence-electron chi connectivity index (χ0n) is 11.9. The average molecular weight is 243 g/mol. The van der Waals surface area contributed by atoms with Crippen molar-refractivity contribution in [3.05, 3.63) is 29.3 Å². The number of aryl methyl sites for hydroxylation is 2. The van der Waals surface area contributed by atoms with Gasteiger partial charge in [-0.1, -0.05) is 26.8 Å². The lowest BCUT2D eigenvalue weighted by atomic mass is 9.91. The molecule has 1 heteroatoms. The Morgan fingerprint density at radius 2 is 1.89 bits per heavy atom. The van der Waals surface area contributed by atoms with Crippen molar-refractivity contribution >= 4 is 5.69 Å². The van der Waals surface area contributed by atoms with Crippen molar-refractivity contribution in [3.63, 3.8) is 0 Å².